The molecule has 0 radical (unpaired) electrons. The first-order chi connectivity index (χ1) is 15.6. The summed E-state index contributed by atoms with van der Waals surface area (Å²) in [5.41, 5.74) is 1.19. The van der Waals surface area contributed by atoms with Crippen LogP contribution in [-0.4, -0.2) is 53.8 Å². The molecule has 0 N–H and O–H groups in total. The molecular formula is C27H47NO2SSn. The molecule has 0 bridgehead atoms. The SMILES string of the molecule is CCC[CH2][Sn]([CH2]CCC)([CH2]CCC)[S]CCCN1CCC(c2ccccc2OC)CC1=O. The summed E-state index contributed by atoms with van der Waals surface area (Å²) in [6, 6.07) is 8.19. The van der Waals surface area contributed by atoms with Gasteiger partial charge in [-0.25, -0.2) is 0 Å². The van der Waals surface area contributed by atoms with Gasteiger partial charge < -0.3 is 0 Å². The van der Waals surface area contributed by atoms with Crippen LogP contribution in [0.5, 0.6) is 5.75 Å². The second kappa shape index (κ2) is 15.5. The summed E-state index contributed by atoms with van der Waals surface area (Å²) in [6.07, 6.45) is 11.2. The van der Waals surface area contributed by atoms with Crippen LogP contribution < -0.4 is 4.74 Å². The quantitative estimate of drug-likeness (QED) is 0.150. The summed E-state index contributed by atoms with van der Waals surface area (Å²) in [4.78, 5) is 15.0. The van der Waals surface area contributed by atoms with Crippen molar-refractivity contribution in [1.82, 2.24) is 4.90 Å². The molecule has 5 heteroatoms. The Bertz CT molecular complexity index is 647. The second-order valence-electron chi connectivity index (χ2n) is 9.51. The minimum atomic E-state index is -2.09. The van der Waals surface area contributed by atoms with Gasteiger partial charge in [0.05, 0.1) is 0 Å². The van der Waals surface area contributed by atoms with Gasteiger partial charge in [0, 0.05) is 0 Å². The van der Waals surface area contributed by atoms with Crippen molar-refractivity contribution in [2.45, 2.75) is 97.8 Å². The number of carbonyl (C=O) groups is 1. The Kier molecular flexibility index (Phi) is 13.5. The normalized spacial score (nSPS) is 17.1. The predicted octanol–water partition coefficient (Wildman–Crippen LogP) is 7.87. The van der Waals surface area contributed by atoms with Gasteiger partial charge in [0.25, 0.3) is 0 Å². The third-order valence-corrected chi connectivity index (χ3v) is 30.1. The molecule has 182 valence electrons. The van der Waals surface area contributed by atoms with Gasteiger partial charge in [-0.05, 0) is 0 Å². The van der Waals surface area contributed by atoms with Crippen LogP contribution in [0.15, 0.2) is 24.3 Å². The van der Waals surface area contributed by atoms with Crippen LogP contribution in [0.3, 0.4) is 0 Å². The van der Waals surface area contributed by atoms with Crippen LogP contribution in [0.25, 0.3) is 0 Å². The number of hydrogen-bond donors (Lipinski definition) is 0. The van der Waals surface area contributed by atoms with Crippen molar-refractivity contribution in [3.8, 4) is 5.75 Å². The van der Waals surface area contributed by atoms with Crippen LogP contribution in [0.2, 0.25) is 13.3 Å². The monoisotopic (exact) mass is 569 g/mol. The van der Waals surface area contributed by atoms with Crippen molar-refractivity contribution >= 4 is 31.8 Å². The standard InChI is InChI=1S/C15H21NO2S.3C4H9.Sn/c1-18-14-6-3-2-5-13(14)12-7-9-16(8-4-10-19)15(17)11-12;3*1-3-4-2;/h2-3,5-6,12,19H,4,7-11H2,1H3;3*1,3-4H2,2H3;/q;;;;+1/p-1. The van der Waals surface area contributed by atoms with Gasteiger partial charge in [0.15, 0.2) is 0 Å². The molecule has 1 fully saturated rings. The van der Waals surface area contributed by atoms with E-state index >= 15 is 0 Å². The minimum absolute atomic E-state index is 0.297. The van der Waals surface area contributed by atoms with E-state index in [4.69, 9.17) is 4.74 Å². The van der Waals surface area contributed by atoms with Crippen molar-refractivity contribution in [3.63, 3.8) is 0 Å². The molecule has 0 spiro atoms. The zero-order chi connectivity index (χ0) is 23.2. The zero-order valence-electron chi connectivity index (χ0n) is 21.2. The third kappa shape index (κ3) is 8.77. The van der Waals surface area contributed by atoms with E-state index in [-0.39, 0.29) is 0 Å². The number of methoxy groups -OCH3 is 1. The number of para-hydroxylation sites is 1. The predicted molar refractivity (Wildman–Crippen MR) is 144 cm³/mol. The van der Waals surface area contributed by atoms with Crippen LogP contribution >= 0.6 is 8.95 Å². The first-order valence-corrected chi connectivity index (χ1v) is 23.7. The van der Waals surface area contributed by atoms with Crippen molar-refractivity contribution in [1.29, 1.82) is 0 Å². The molecule has 1 aromatic carbocycles. The number of likely N-dealkylation sites (tertiary alicyclic amines) is 1. The molecule has 1 aliphatic heterocycles. The van der Waals surface area contributed by atoms with Gasteiger partial charge in [-0.15, -0.1) is 0 Å². The van der Waals surface area contributed by atoms with Gasteiger partial charge in [0.2, 0.25) is 0 Å². The van der Waals surface area contributed by atoms with E-state index in [0.717, 1.165) is 25.3 Å². The van der Waals surface area contributed by atoms with E-state index in [2.05, 4.69) is 46.7 Å². The Labute approximate surface area is 204 Å². The fourth-order valence-corrected chi connectivity index (χ4v) is 28.4. The van der Waals surface area contributed by atoms with Gasteiger partial charge in [-0.3, -0.25) is 0 Å². The maximum atomic E-state index is 12.9. The number of unbranched alkanes of at least 4 members (excludes halogenated alkanes) is 3. The van der Waals surface area contributed by atoms with Gasteiger partial charge in [0.1, 0.15) is 0 Å². The number of hydrogen-bond acceptors (Lipinski definition) is 3. The summed E-state index contributed by atoms with van der Waals surface area (Å²) >= 11 is -2.09. The number of carbonyl (C=O) groups excluding carboxylic acids is 1. The molecule has 1 aromatic rings. The molecule has 1 aliphatic rings. The van der Waals surface area contributed by atoms with E-state index in [1.807, 2.05) is 12.1 Å². The molecular weight excluding hydrogens is 521 g/mol. The Morgan fingerprint density at radius 1 is 1.00 bits per heavy atom. The third-order valence-electron chi connectivity index (χ3n) is 7.04. The number of ether oxygens (including phenoxy) is 1. The van der Waals surface area contributed by atoms with Crippen LogP contribution in [0.4, 0.5) is 0 Å². The summed E-state index contributed by atoms with van der Waals surface area (Å²) < 4.78 is 10.2. The number of amides is 1. The zero-order valence-corrected chi connectivity index (χ0v) is 24.8. The number of benzene rings is 1. The Balaban J connectivity index is 1.85. The average molecular weight is 568 g/mol. The second-order valence-corrected chi connectivity index (χ2v) is 29.5. The molecule has 32 heavy (non-hydrogen) atoms. The van der Waals surface area contributed by atoms with E-state index in [9.17, 15) is 4.79 Å². The van der Waals surface area contributed by atoms with Gasteiger partial charge >= 0.3 is 206 Å². The maximum absolute atomic E-state index is 12.9. The molecule has 3 nitrogen and oxygen atoms in total. The Hall–Kier alpha value is -0.361. The Morgan fingerprint density at radius 2 is 1.62 bits per heavy atom. The molecule has 2 rings (SSSR count). The fourth-order valence-electron chi connectivity index (χ4n) is 5.02. The van der Waals surface area contributed by atoms with E-state index in [0.29, 0.717) is 18.2 Å². The summed E-state index contributed by atoms with van der Waals surface area (Å²) in [6.45, 7) is 8.88. The van der Waals surface area contributed by atoms with Gasteiger partial charge in [-0.2, -0.15) is 0 Å². The van der Waals surface area contributed by atoms with Crippen LogP contribution in [0, 0.1) is 0 Å². The molecule has 0 aromatic heterocycles. The molecule has 1 amide bonds. The van der Waals surface area contributed by atoms with Crippen molar-refractivity contribution < 1.29 is 9.53 Å². The van der Waals surface area contributed by atoms with Crippen molar-refractivity contribution in [2.24, 2.45) is 0 Å². The van der Waals surface area contributed by atoms with Crippen LogP contribution in [-0.2, 0) is 4.79 Å². The van der Waals surface area contributed by atoms with Crippen LogP contribution in [0.1, 0.15) is 90.0 Å². The molecule has 1 heterocycles. The van der Waals surface area contributed by atoms with E-state index in [1.54, 1.807) is 20.4 Å². The summed E-state index contributed by atoms with van der Waals surface area (Å²) in [5, 5.41) is 0. The summed E-state index contributed by atoms with van der Waals surface area (Å²) in [7, 11) is 4.16. The molecule has 1 saturated heterocycles. The fraction of sp³-hybridized carbons (Fsp3) is 0.741. The molecule has 1 unspecified atom stereocenters. The number of piperidine rings is 1. The molecule has 1 atom stereocenters. The first-order valence-electron chi connectivity index (χ1n) is 13.1. The van der Waals surface area contributed by atoms with E-state index < -0.39 is 17.0 Å². The number of rotatable bonds is 16. The number of nitrogens with zero attached hydrogens (tertiary/aromatic N) is 1. The topological polar surface area (TPSA) is 29.5 Å². The van der Waals surface area contributed by atoms with Crippen molar-refractivity contribution in [2.75, 3.05) is 26.0 Å². The van der Waals surface area contributed by atoms with E-state index in [1.165, 1.54) is 56.3 Å². The van der Waals surface area contributed by atoms with Gasteiger partial charge in [-0.1, -0.05) is 0 Å². The van der Waals surface area contributed by atoms with Crippen molar-refractivity contribution in [3.05, 3.63) is 29.8 Å². The summed E-state index contributed by atoms with van der Waals surface area (Å²) in [5.74, 6) is 2.82. The first kappa shape index (κ1) is 27.9. The molecule has 0 saturated carbocycles. The Morgan fingerprint density at radius 3 is 2.19 bits per heavy atom. The average Bonchev–Trinajstić information content (AvgIpc) is 2.83. The molecule has 0 aliphatic carbocycles.